The Morgan fingerprint density at radius 3 is 2.22 bits per heavy atom. The molecule has 0 bridgehead atoms. The quantitative estimate of drug-likeness (QED) is 0.300. The van der Waals surface area contributed by atoms with E-state index in [1.54, 1.807) is 0 Å². The van der Waals surface area contributed by atoms with Gasteiger partial charge in [-0.1, -0.05) is 67.8 Å². The summed E-state index contributed by atoms with van der Waals surface area (Å²) in [4.78, 5) is 10.7. The van der Waals surface area contributed by atoms with Crippen LogP contribution in [0.3, 0.4) is 0 Å². The van der Waals surface area contributed by atoms with Gasteiger partial charge in [0.05, 0.1) is 11.0 Å². The Labute approximate surface area is 186 Å². The zero-order chi connectivity index (χ0) is 21.1. The van der Waals surface area contributed by atoms with Crippen LogP contribution in [0.1, 0.15) is 51.0 Å². The van der Waals surface area contributed by atoms with Gasteiger partial charge in [-0.2, -0.15) is 0 Å². The van der Waals surface area contributed by atoms with Crippen molar-refractivity contribution in [1.82, 2.24) is 19.1 Å². The second-order valence-corrected chi connectivity index (χ2v) is 9.22. The first-order chi connectivity index (χ1) is 15.9. The van der Waals surface area contributed by atoms with E-state index in [-0.39, 0.29) is 0 Å². The highest BCUT2D eigenvalue weighted by Gasteiger charge is 2.24. The van der Waals surface area contributed by atoms with Crippen molar-refractivity contribution >= 4 is 49.8 Å². The molecule has 7 rings (SSSR count). The van der Waals surface area contributed by atoms with Crippen LogP contribution >= 0.6 is 0 Å². The molecule has 32 heavy (non-hydrogen) atoms. The first-order valence-corrected chi connectivity index (χ1v) is 12.0. The summed E-state index contributed by atoms with van der Waals surface area (Å²) in [5.74, 6) is 0. The maximum atomic E-state index is 5.37. The van der Waals surface area contributed by atoms with Crippen molar-refractivity contribution in [3.8, 4) is 0 Å². The van der Waals surface area contributed by atoms with Gasteiger partial charge in [0.25, 0.3) is 0 Å². The Morgan fingerprint density at radius 1 is 0.750 bits per heavy atom. The van der Waals surface area contributed by atoms with Crippen molar-refractivity contribution in [3.63, 3.8) is 0 Å². The molecule has 0 amide bonds. The van der Waals surface area contributed by atoms with Crippen molar-refractivity contribution < 1.29 is 0 Å². The fraction of sp³-hybridized carbons (Fsp3) is 0.286. The van der Waals surface area contributed by atoms with Crippen LogP contribution in [0.4, 0.5) is 0 Å². The Hall–Kier alpha value is -3.40. The average Bonchev–Trinajstić information content (AvgIpc) is 3.36. The third kappa shape index (κ3) is 2.56. The van der Waals surface area contributed by atoms with Gasteiger partial charge in [0, 0.05) is 22.5 Å². The van der Waals surface area contributed by atoms with Crippen molar-refractivity contribution in [2.45, 2.75) is 51.0 Å². The molecule has 0 spiro atoms. The number of benzene rings is 2. The van der Waals surface area contributed by atoms with Crippen molar-refractivity contribution in [2.24, 2.45) is 0 Å². The molecule has 5 aromatic rings. The van der Waals surface area contributed by atoms with E-state index in [9.17, 15) is 0 Å². The second-order valence-electron chi connectivity index (χ2n) is 9.22. The maximum Gasteiger partial charge on any atom is 0.165 e. The molecule has 158 valence electrons. The fourth-order valence-electron chi connectivity index (χ4n) is 5.86. The highest BCUT2D eigenvalue weighted by Crippen LogP contribution is 2.39. The fourth-order valence-corrected chi connectivity index (χ4v) is 5.86. The van der Waals surface area contributed by atoms with Crippen LogP contribution in [0, 0.1) is 0 Å². The largest absolute Gasteiger partial charge is 0.321 e. The lowest BCUT2D eigenvalue weighted by molar-refractivity contribution is 0.366. The highest BCUT2D eigenvalue weighted by molar-refractivity contribution is 6.12. The third-order valence-electron chi connectivity index (χ3n) is 7.34. The molecule has 1 fully saturated rings. The minimum Gasteiger partial charge on any atom is -0.321 e. The molecular formula is C28H26N4. The van der Waals surface area contributed by atoms with E-state index in [1.165, 1.54) is 59.6 Å². The van der Waals surface area contributed by atoms with Gasteiger partial charge < -0.3 is 4.57 Å². The van der Waals surface area contributed by atoms with Crippen LogP contribution in [0.25, 0.3) is 49.8 Å². The SMILES string of the molecule is C1=CCCC(n2c3ccccc3c3nc4c(nc32)c2ccccc2n4C2CCCCC2)=C1. The van der Waals surface area contributed by atoms with Gasteiger partial charge in [-0.05, 0) is 43.9 Å². The van der Waals surface area contributed by atoms with Crippen LogP contribution in [0.2, 0.25) is 0 Å². The van der Waals surface area contributed by atoms with E-state index < -0.39 is 0 Å². The summed E-state index contributed by atoms with van der Waals surface area (Å²) >= 11 is 0. The zero-order valence-corrected chi connectivity index (χ0v) is 18.2. The molecule has 0 atom stereocenters. The molecule has 0 aliphatic heterocycles. The smallest absolute Gasteiger partial charge is 0.165 e. The topological polar surface area (TPSA) is 35.6 Å². The van der Waals surface area contributed by atoms with Crippen LogP contribution < -0.4 is 0 Å². The van der Waals surface area contributed by atoms with Gasteiger partial charge in [0.2, 0.25) is 0 Å². The minimum atomic E-state index is 0.512. The summed E-state index contributed by atoms with van der Waals surface area (Å²) in [6.45, 7) is 0. The summed E-state index contributed by atoms with van der Waals surface area (Å²) in [6, 6.07) is 17.9. The van der Waals surface area contributed by atoms with Crippen LogP contribution in [0.5, 0.6) is 0 Å². The monoisotopic (exact) mass is 418 g/mol. The van der Waals surface area contributed by atoms with E-state index in [0.717, 1.165) is 35.2 Å². The zero-order valence-electron chi connectivity index (χ0n) is 18.2. The number of rotatable bonds is 2. The molecule has 0 radical (unpaired) electrons. The van der Waals surface area contributed by atoms with Crippen LogP contribution in [0.15, 0.2) is 66.8 Å². The lowest BCUT2D eigenvalue weighted by atomic mass is 9.95. The van der Waals surface area contributed by atoms with Crippen molar-refractivity contribution in [3.05, 3.63) is 66.8 Å². The molecule has 4 nitrogen and oxygen atoms in total. The Morgan fingerprint density at radius 2 is 1.44 bits per heavy atom. The van der Waals surface area contributed by atoms with Crippen molar-refractivity contribution in [2.75, 3.05) is 0 Å². The molecule has 3 heterocycles. The molecule has 2 aliphatic rings. The number of aromatic nitrogens is 4. The van der Waals surface area contributed by atoms with Gasteiger partial charge in [0.15, 0.2) is 11.3 Å². The standard InChI is InChI=1S/C28H26N4/c1-3-11-19(12-4-1)31-23-17-9-7-15-21(23)25-27(31)29-26-22-16-8-10-18-24(22)32(28(26)30-25)20-13-5-2-6-14-20/h1,3,7-11,15-18,20H,2,4-6,12-14H2. The van der Waals surface area contributed by atoms with Gasteiger partial charge in [-0.3, -0.25) is 4.57 Å². The number of allylic oxidation sites excluding steroid dienone is 4. The van der Waals surface area contributed by atoms with Crippen molar-refractivity contribution in [1.29, 1.82) is 0 Å². The lowest BCUT2D eigenvalue weighted by Gasteiger charge is -2.24. The number of fused-ring (bicyclic) bond motifs is 6. The normalized spacial score (nSPS) is 17.7. The second kappa shape index (κ2) is 7.06. The number of hydrogen-bond donors (Lipinski definition) is 0. The predicted octanol–water partition coefficient (Wildman–Crippen LogP) is 7.39. The highest BCUT2D eigenvalue weighted by atomic mass is 15.1. The van der Waals surface area contributed by atoms with Gasteiger partial charge >= 0.3 is 0 Å². The van der Waals surface area contributed by atoms with E-state index in [1.807, 2.05) is 0 Å². The van der Waals surface area contributed by atoms with E-state index >= 15 is 0 Å². The number of nitrogens with zero attached hydrogens (tertiary/aromatic N) is 4. The molecule has 1 saturated carbocycles. The molecule has 3 aromatic heterocycles. The van der Waals surface area contributed by atoms with Gasteiger partial charge in [-0.25, -0.2) is 9.97 Å². The first kappa shape index (κ1) is 18.2. The van der Waals surface area contributed by atoms with Gasteiger partial charge in [0.1, 0.15) is 11.0 Å². The molecule has 2 aromatic carbocycles. The van der Waals surface area contributed by atoms with Crippen LogP contribution in [-0.2, 0) is 0 Å². The van der Waals surface area contributed by atoms with E-state index in [0.29, 0.717) is 6.04 Å². The summed E-state index contributed by atoms with van der Waals surface area (Å²) in [5.41, 5.74) is 7.85. The Kier molecular flexibility index (Phi) is 4.01. The molecule has 0 N–H and O–H groups in total. The molecule has 4 heteroatoms. The number of para-hydroxylation sites is 2. The summed E-state index contributed by atoms with van der Waals surface area (Å²) in [6.07, 6.45) is 15.1. The molecular weight excluding hydrogens is 392 g/mol. The minimum absolute atomic E-state index is 0.512. The predicted molar refractivity (Wildman–Crippen MR) is 133 cm³/mol. The Bertz CT molecular complexity index is 1560. The third-order valence-corrected chi connectivity index (χ3v) is 7.34. The van der Waals surface area contributed by atoms with E-state index in [2.05, 4.69) is 75.9 Å². The molecule has 0 unspecified atom stereocenters. The average molecular weight is 419 g/mol. The van der Waals surface area contributed by atoms with Gasteiger partial charge in [-0.15, -0.1) is 0 Å². The summed E-state index contributed by atoms with van der Waals surface area (Å²) in [7, 11) is 0. The molecule has 2 aliphatic carbocycles. The summed E-state index contributed by atoms with van der Waals surface area (Å²) < 4.78 is 4.85. The Balaban J connectivity index is 1.62. The summed E-state index contributed by atoms with van der Waals surface area (Å²) in [5, 5.41) is 2.41. The van der Waals surface area contributed by atoms with E-state index in [4.69, 9.17) is 9.97 Å². The molecule has 0 saturated heterocycles. The lowest BCUT2D eigenvalue weighted by Crippen LogP contribution is -2.13. The number of hydrogen-bond acceptors (Lipinski definition) is 2. The first-order valence-electron chi connectivity index (χ1n) is 12.0. The maximum absolute atomic E-state index is 5.37. The van der Waals surface area contributed by atoms with Crippen LogP contribution in [-0.4, -0.2) is 19.1 Å².